The fourth-order valence-electron chi connectivity index (χ4n) is 2.89. The monoisotopic (exact) mass is 211 g/mol. The normalized spacial score (nSPS) is 31.7. The van der Waals surface area contributed by atoms with Crippen molar-refractivity contribution < 1.29 is 4.79 Å². The molecule has 2 unspecified atom stereocenters. The predicted molar refractivity (Wildman–Crippen MR) is 59.8 cm³/mol. The van der Waals surface area contributed by atoms with E-state index in [-0.39, 0.29) is 6.03 Å². The summed E-state index contributed by atoms with van der Waals surface area (Å²) in [6.45, 7) is 3.15. The van der Waals surface area contributed by atoms with Gasteiger partial charge in [0.2, 0.25) is 0 Å². The molecule has 2 rings (SSSR count). The van der Waals surface area contributed by atoms with E-state index in [9.17, 15) is 4.79 Å². The Bertz CT molecular complexity index is 226. The molecule has 2 heterocycles. The molecular formula is C11H21N3O. The van der Waals surface area contributed by atoms with Crippen molar-refractivity contribution >= 4 is 6.03 Å². The second-order valence-corrected chi connectivity index (χ2v) is 4.56. The molecule has 2 aliphatic rings. The number of nitrogens with one attached hydrogen (secondary N) is 2. The predicted octanol–water partition coefficient (Wildman–Crippen LogP) is 0.790. The van der Waals surface area contributed by atoms with E-state index in [1.165, 1.54) is 19.3 Å². The summed E-state index contributed by atoms with van der Waals surface area (Å²) in [5, 5.41) is 6.17. The maximum atomic E-state index is 11.7. The van der Waals surface area contributed by atoms with Crippen LogP contribution in [-0.4, -0.2) is 43.7 Å². The maximum absolute atomic E-state index is 11.7. The molecule has 2 amide bonds. The number of carbonyl (C=O) groups excluding carboxylic acids is 1. The quantitative estimate of drug-likeness (QED) is 0.673. The Morgan fingerprint density at radius 3 is 2.93 bits per heavy atom. The van der Waals surface area contributed by atoms with Crippen molar-refractivity contribution in [3.05, 3.63) is 0 Å². The van der Waals surface area contributed by atoms with E-state index >= 15 is 0 Å². The first-order chi connectivity index (χ1) is 7.33. The number of carbonyl (C=O) groups is 1. The first-order valence-corrected chi connectivity index (χ1v) is 6.02. The van der Waals surface area contributed by atoms with Gasteiger partial charge in [-0.15, -0.1) is 0 Å². The van der Waals surface area contributed by atoms with Gasteiger partial charge in [-0.05, 0) is 44.7 Å². The van der Waals surface area contributed by atoms with E-state index in [0.717, 1.165) is 26.1 Å². The Balaban J connectivity index is 1.97. The van der Waals surface area contributed by atoms with Gasteiger partial charge in [-0.3, -0.25) is 0 Å². The lowest BCUT2D eigenvalue weighted by molar-refractivity contribution is 0.163. The number of urea groups is 1. The molecule has 0 bridgehead atoms. The zero-order chi connectivity index (χ0) is 10.7. The molecule has 15 heavy (non-hydrogen) atoms. The van der Waals surface area contributed by atoms with E-state index in [1.54, 1.807) is 7.05 Å². The van der Waals surface area contributed by atoms with Crippen LogP contribution in [0.25, 0.3) is 0 Å². The highest BCUT2D eigenvalue weighted by molar-refractivity contribution is 5.74. The van der Waals surface area contributed by atoms with Crippen LogP contribution in [0.3, 0.4) is 0 Å². The molecule has 0 aromatic rings. The van der Waals surface area contributed by atoms with Crippen molar-refractivity contribution in [3.8, 4) is 0 Å². The Morgan fingerprint density at radius 2 is 2.27 bits per heavy atom. The van der Waals surface area contributed by atoms with Gasteiger partial charge in [-0.1, -0.05) is 0 Å². The average Bonchev–Trinajstić information content (AvgIpc) is 2.78. The van der Waals surface area contributed by atoms with Gasteiger partial charge in [-0.2, -0.15) is 0 Å². The lowest BCUT2D eigenvalue weighted by atomic mass is 9.90. The van der Waals surface area contributed by atoms with Gasteiger partial charge in [-0.25, -0.2) is 4.79 Å². The van der Waals surface area contributed by atoms with Gasteiger partial charge in [0.25, 0.3) is 0 Å². The van der Waals surface area contributed by atoms with Crippen LogP contribution in [0.15, 0.2) is 0 Å². The van der Waals surface area contributed by atoms with Crippen molar-refractivity contribution in [3.63, 3.8) is 0 Å². The number of piperidine rings is 1. The van der Waals surface area contributed by atoms with Crippen LogP contribution < -0.4 is 10.6 Å². The highest BCUT2D eigenvalue weighted by Gasteiger charge is 2.34. The van der Waals surface area contributed by atoms with E-state index in [1.807, 2.05) is 4.90 Å². The summed E-state index contributed by atoms with van der Waals surface area (Å²) >= 11 is 0. The zero-order valence-electron chi connectivity index (χ0n) is 9.46. The van der Waals surface area contributed by atoms with Crippen molar-refractivity contribution in [1.29, 1.82) is 0 Å². The first-order valence-electron chi connectivity index (χ1n) is 6.02. The molecule has 4 nitrogen and oxygen atoms in total. The SMILES string of the molecule is CNC(=O)N1CCCC1C1CCCNC1. The number of hydrogen-bond donors (Lipinski definition) is 2. The molecular weight excluding hydrogens is 190 g/mol. The van der Waals surface area contributed by atoms with Crippen molar-refractivity contribution in [2.24, 2.45) is 5.92 Å². The van der Waals surface area contributed by atoms with Crippen LogP contribution in [0.5, 0.6) is 0 Å². The van der Waals surface area contributed by atoms with E-state index in [4.69, 9.17) is 0 Å². The molecule has 4 heteroatoms. The summed E-state index contributed by atoms with van der Waals surface area (Å²) in [6, 6.07) is 0.570. The summed E-state index contributed by atoms with van der Waals surface area (Å²) < 4.78 is 0. The third-order valence-electron chi connectivity index (χ3n) is 3.65. The van der Waals surface area contributed by atoms with Crippen molar-refractivity contribution in [2.45, 2.75) is 31.7 Å². The lowest BCUT2D eigenvalue weighted by Gasteiger charge is -2.34. The van der Waals surface area contributed by atoms with Crippen molar-refractivity contribution in [1.82, 2.24) is 15.5 Å². The average molecular weight is 211 g/mol. The summed E-state index contributed by atoms with van der Waals surface area (Å²) in [5.41, 5.74) is 0. The van der Waals surface area contributed by atoms with Crippen LogP contribution >= 0.6 is 0 Å². The minimum absolute atomic E-state index is 0.100. The second kappa shape index (κ2) is 4.84. The van der Waals surface area contributed by atoms with Crippen LogP contribution in [0.4, 0.5) is 4.79 Å². The molecule has 0 spiro atoms. The molecule has 0 aliphatic carbocycles. The Morgan fingerprint density at radius 1 is 1.40 bits per heavy atom. The van der Waals surface area contributed by atoms with Crippen molar-refractivity contribution in [2.75, 3.05) is 26.7 Å². The fourth-order valence-corrected chi connectivity index (χ4v) is 2.89. The van der Waals surface area contributed by atoms with Gasteiger partial charge >= 0.3 is 6.03 Å². The fraction of sp³-hybridized carbons (Fsp3) is 0.909. The van der Waals surface area contributed by atoms with Crippen LogP contribution in [0, 0.1) is 5.92 Å². The molecule has 2 saturated heterocycles. The Kier molecular flexibility index (Phi) is 3.46. The molecule has 0 aromatic carbocycles. The first kappa shape index (κ1) is 10.7. The van der Waals surface area contributed by atoms with Gasteiger partial charge in [0, 0.05) is 19.6 Å². The van der Waals surface area contributed by atoms with Crippen LogP contribution in [0.2, 0.25) is 0 Å². The standard InChI is InChI=1S/C11H21N3O/c1-12-11(15)14-7-3-5-10(14)9-4-2-6-13-8-9/h9-10,13H,2-8H2,1H3,(H,12,15). The van der Waals surface area contributed by atoms with Gasteiger partial charge in [0.1, 0.15) is 0 Å². The summed E-state index contributed by atoms with van der Waals surface area (Å²) in [6.07, 6.45) is 4.86. The third kappa shape index (κ3) is 2.25. The summed E-state index contributed by atoms with van der Waals surface area (Å²) in [4.78, 5) is 13.7. The van der Waals surface area contributed by atoms with Gasteiger partial charge in [0.15, 0.2) is 0 Å². The number of likely N-dealkylation sites (tertiary alicyclic amines) is 1. The molecule has 2 N–H and O–H groups in total. The zero-order valence-corrected chi connectivity index (χ0v) is 9.46. The minimum Gasteiger partial charge on any atom is -0.341 e. The van der Waals surface area contributed by atoms with Crippen LogP contribution in [0.1, 0.15) is 25.7 Å². The second-order valence-electron chi connectivity index (χ2n) is 4.56. The Labute approximate surface area is 91.4 Å². The summed E-state index contributed by atoms with van der Waals surface area (Å²) in [7, 11) is 1.72. The lowest BCUT2D eigenvalue weighted by Crippen LogP contribution is -2.48. The highest BCUT2D eigenvalue weighted by atomic mass is 16.2. The smallest absolute Gasteiger partial charge is 0.317 e. The topological polar surface area (TPSA) is 44.4 Å². The van der Waals surface area contributed by atoms with E-state index in [2.05, 4.69) is 10.6 Å². The van der Waals surface area contributed by atoms with Gasteiger partial charge in [0.05, 0.1) is 0 Å². The molecule has 2 atom stereocenters. The number of rotatable bonds is 1. The number of amides is 2. The maximum Gasteiger partial charge on any atom is 0.317 e. The minimum atomic E-state index is 0.100. The van der Waals surface area contributed by atoms with Gasteiger partial charge < -0.3 is 15.5 Å². The number of nitrogens with zero attached hydrogens (tertiary/aromatic N) is 1. The molecule has 2 aliphatic heterocycles. The van der Waals surface area contributed by atoms with E-state index < -0.39 is 0 Å². The molecule has 2 fully saturated rings. The summed E-state index contributed by atoms with van der Waals surface area (Å²) in [5.74, 6) is 0.665. The number of hydrogen-bond acceptors (Lipinski definition) is 2. The van der Waals surface area contributed by atoms with Crippen LogP contribution in [-0.2, 0) is 0 Å². The van der Waals surface area contributed by atoms with E-state index in [0.29, 0.717) is 12.0 Å². The molecule has 0 radical (unpaired) electrons. The third-order valence-corrected chi connectivity index (χ3v) is 3.65. The Hall–Kier alpha value is -0.770. The molecule has 86 valence electrons. The molecule has 0 saturated carbocycles. The molecule has 0 aromatic heterocycles. The largest absolute Gasteiger partial charge is 0.341 e. The highest BCUT2D eigenvalue weighted by Crippen LogP contribution is 2.27.